The first-order valence-corrected chi connectivity index (χ1v) is 10.4. The summed E-state index contributed by atoms with van der Waals surface area (Å²) in [6.07, 6.45) is 0.312. The lowest BCUT2D eigenvalue weighted by molar-refractivity contribution is 0.0955. The Morgan fingerprint density at radius 1 is 1.19 bits per heavy atom. The van der Waals surface area contributed by atoms with E-state index in [4.69, 9.17) is 0 Å². The predicted molar refractivity (Wildman–Crippen MR) is 118 cm³/mol. The second-order valence-electron chi connectivity index (χ2n) is 8.31. The molecular formula is C23H27FN4O3. The fourth-order valence-corrected chi connectivity index (χ4v) is 3.41. The number of halogens is 1. The number of aromatic amines is 1. The molecule has 0 aliphatic carbocycles. The van der Waals surface area contributed by atoms with Gasteiger partial charge in [0.15, 0.2) is 5.65 Å². The number of benzene rings is 1. The number of nitrogens with one attached hydrogen (secondary N) is 2. The molecule has 0 saturated heterocycles. The molecule has 1 aromatic carbocycles. The standard InChI is InChI=1S/C23H27FN4O3/c1-13(2)12-28-20-19(22(30)27-23(28)31)16(11-18(26-20)14(3)4)21(29)25-10-9-15-7-5-6-8-17(15)24/h5-8,11,13-14H,9-10,12H2,1-4H3,(H,25,29)(H,27,30,31). The number of carbonyl (C=O) groups is 1. The van der Waals surface area contributed by atoms with Gasteiger partial charge in [0, 0.05) is 18.8 Å². The zero-order valence-corrected chi connectivity index (χ0v) is 18.2. The number of hydrogen-bond donors (Lipinski definition) is 2. The Bertz CT molecular complexity index is 1230. The molecule has 0 unspecified atom stereocenters. The van der Waals surface area contributed by atoms with Crippen molar-refractivity contribution in [1.82, 2.24) is 19.9 Å². The summed E-state index contributed by atoms with van der Waals surface area (Å²) in [4.78, 5) is 44.9. The molecule has 0 saturated carbocycles. The van der Waals surface area contributed by atoms with Gasteiger partial charge in [0.25, 0.3) is 11.5 Å². The van der Waals surface area contributed by atoms with Gasteiger partial charge < -0.3 is 5.32 Å². The van der Waals surface area contributed by atoms with Gasteiger partial charge in [-0.2, -0.15) is 0 Å². The van der Waals surface area contributed by atoms with Gasteiger partial charge in [-0.15, -0.1) is 0 Å². The summed E-state index contributed by atoms with van der Waals surface area (Å²) >= 11 is 0. The van der Waals surface area contributed by atoms with Gasteiger partial charge in [-0.3, -0.25) is 19.1 Å². The molecule has 0 radical (unpaired) electrons. The summed E-state index contributed by atoms with van der Waals surface area (Å²) in [6.45, 7) is 8.30. The summed E-state index contributed by atoms with van der Waals surface area (Å²) in [6, 6.07) is 7.96. The topological polar surface area (TPSA) is 96.9 Å². The number of aromatic nitrogens is 3. The molecule has 164 valence electrons. The maximum absolute atomic E-state index is 13.8. The van der Waals surface area contributed by atoms with E-state index in [9.17, 15) is 18.8 Å². The van der Waals surface area contributed by atoms with Crippen LogP contribution in [0.2, 0.25) is 0 Å². The van der Waals surface area contributed by atoms with E-state index < -0.39 is 17.2 Å². The summed E-state index contributed by atoms with van der Waals surface area (Å²) in [5.74, 6) is -0.682. The first-order chi connectivity index (χ1) is 14.7. The van der Waals surface area contributed by atoms with Gasteiger partial charge in [-0.1, -0.05) is 45.9 Å². The van der Waals surface area contributed by atoms with Crippen molar-refractivity contribution in [3.05, 3.63) is 73.8 Å². The lowest BCUT2D eigenvalue weighted by atomic mass is 10.0. The highest BCUT2D eigenvalue weighted by atomic mass is 19.1. The number of hydrogen-bond acceptors (Lipinski definition) is 4. The van der Waals surface area contributed by atoms with Crippen molar-refractivity contribution in [2.24, 2.45) is 5.92 Å². The highest BCUT2D eigenvalue weighted by molar-refractivity contribution is 6.05. The molecule has 3 rings (SSSR count). The average molecular weight is 426 g/mol. The number of H-pyrrole nitrogens is 1. The molecule has 0 spiro atoms. The second-order valence-corrected chi connectivity index (χ2v) is 8.31. The molecule has 8 heteroatoms. The van der Waals surface area contributed by atoms with Crippen molar-refractivity contribution >= 4 is 16.9 Å². The Labute approximate surface area is 179 Å². The largest absolute Gasteiger partial charge is 0.352 e. The van der Waals surface area contributed by atoms with Crippen molar-refractivity contribution in [2.75, 3.05) is 6.54 Å². The first kappa shape index (κ1) is 22.4. The number of fused-ring (bicyclic) bond motifs is 1. The van der Waals surface area contributed by atoms with Crippen molar-refractivity contribution in [3.63, 3.8) is 0 Å². The van der Waals surface area contributed by atoms with Crippen LogP contribution < -0.4 is 16.6 Å². The lowest BCUT2D eigenvalue weighted by Gasteiger charge is -2.16. The number of amides is 1. The molecule has 3 aromatic rings. The molecule has 0 fully saturated rings. The van der Waals surface area contributed by atoms with Crippen molar-refractivity contribution in [2.45, 2.75) is 46.6 Å². The van der Waals surface area contributed by atoms with Crippen molar-refractivity contribution in [1.29, 1.82) is 0 Å². The number of rotatable bonds is 7. The molecule has 7 nitrogen and oxygen atoms in total. The third kappa shape index (κ3) is 4.90. The van der Waals surface area contributed by atoms with Gasteiger partial charge in [0.2, 0.25) is 0 Å². The molecule has 0 atom stereocenters. The van der Waals surface area contributed by atoms with Crippen LogP contribution >= 0.6 is 0 Å². The second kappa shape index (κ2) is 9.24. The first-order valence-electron chi connectivity index (χ1n) is 10.4. The number of carbonyl (C=O) groups excluding carboxylic acids is 1. The van der Waals surface area contributed by atoms with Crippen LogP contribution in [0, 0.1) is 11.7 Å². The minimum atomic E-state index is -0.651. The quantitative estimate of drug-likeness (QED) is 0.607. The molecule has 31 heavy (non-hydrogen) atoms. The predicted octanol–water partition coefficient (Wildman–Crippen LogP) is 2.98. The fourth-order valence-electron chi connectivity index (χ4n) is 3.41. The molecule has 1 amide bonds. The fraction of sp³-hybridized carbons (Fsp3) is 0.391. The van der Waals surface area contributed by atoms with Crippen LogP contribution in [0.25, 0.3) is 11.0 Å². The molecule has 0 aliphatic heterocycles. The van der Waals surface area contributed by atoms with Crippen LogP contribution in [0.15, 0.2) is 39.9 Å². The van der Waals surface area contributed by atoms with Gasteiger partial charge in [-0.25, -0.2) is 14.2 Å². The molecule has 2 N–H and O–H groups in total. The zero-order valence-electron chi connectivity index (χ0n) is 18.2. The highest BCUT2D eigenvalue weighted by Crippen LogP contribution is 2.20. The van der Waals surface area contributed by atoms with Gasteiger partial charge in [-0.05, 0) is 36.0 Å². The Morgan fingerprint density at radius 3 is 2.55 bits per heavy atom. The number of pyridine rings is 1. The third-order valence-corrected chi connectivity index (χ3v) is 4.99. The average Bonchev–Trinajstić information content (AvgIpc) is 2.71. The van der Waals surface area contributed by atoms with Crippen LogP contribution in [0.4, 0.5) is 4.39 Å². The maximum atomic E-state index is 13.8. The van der Waals surface area contributed by atoms with E-state index in [-0.39, 0.29) is 40.8 Å². The van der Waals surface area contributed by atoms with Gasteiger partial charge in [0.1, 0.15) is 5.82 Å². The van der Waals surface area contributed by atoms with Crippen LogP contribution in [-0.2, 0) is 13.0 Å². The minimum Gasteiger partial charge on any atom is -0.352 e. The van der Waals surface area contributed by atoms with Gasteiger partial charge >= 0.3 is 5.69 Å². The summed E-state index contributed by atoms with van der Waals surface area (Å²) in [7, 11) is 0. The normalized spacial score (nSPS) is 11.5. The highest BCUT2D eigenvalue weighted by Gasteiger charge is 2.20. The van der Waals surface area contributed by atoms with E-state index in [1.807, 2.05) is 27.7 Å². The van der Waals surface area contributed by atoms with Crippen molar-refractivity contribution < 1.29 is 9.18 Å². The monoisotopic (exact) mass is 426 g/mol. The third-order valence-electron chi connectivity index (χ3n) is 4.99. The van der Waals surface area contributed by atoms with E-state index in [1.165, 1.54) is 10.6 Å². The zero-order chi connectivity index (χ0) is 22.7. The van der Waals surface area contributed by atoms with E-state index >= 15 is 0 Å². The Balaban J connectivity index is 2.04. The minimum absolute atomic E-state index is 0.0174. The van der Waals surface area contributed by atoms with E-state index in [1.54, 1.807) is 24.3 Å². The lowest BCUT2D eigenvalue weighted by Crippen LogP contribution is -2.34. The van der Waals surface area contributed by atoms with Gasteiger partial charge in [0.05, 0.1) is 10.9 Å². The summed E-state index contributed by atoms with van der Waals surface area (Å²) in [5.41, 5.74) is 0.254. The van der Waals surface area contributed by atoms with Crippen molar-refractivity contribution in [3.8, 4) is 0 Å². The summed E-state index contributed by atoms with van der Waals surface area (Å²) < 4.78 is 15.2. The number of nitrogens with zero attached hydrogens (tertiary/aromatic N) is 2. The summed E-state index contributed by atoms with van der Waals surface area (Å²) in [5, 5.41) is 2.84. The Morgan fingerprint density at radius 2 is 1.90 bits per heavy atom. The van der Waals surface area contributed by atoms with Crippen LogP contribution in [-0.4, -0.2) is 27.0 Å². The van der Waals surface area contributed by atoms with E-state index in [0.717, 1.165) is 0 Å². The van der Waals surface area contributed by atoms with E-state index in [0.29, 0.717) is 24.2 Å². The molecule has 0 aliphatic rings. The Kier molecular flexibility index (Phi) is 6.68. The molecule has 2 heterocycles. The van der Waals surface area contributed by atoms with E-state index in [2.05, 4.69) is 15.3 Å². The maximum Gasteiger partial charge on any atom is 0.330 e. The Hall–Kier alpha value is -3.29. The SMILES string of the molecule is CC(C)Cn1c(=O)[nH]c(=O)c2c(C(=O)NCCc3ccccc3F)cc(C(C)C)nc21. The smallest absolute Gasteiger partial charge is 0.330 e. The van der Waals surface area contributed by atoms with Crippen LogP contribution in [0.3, 0.4) is 0 Å². The molecule has 2 aromatic heterocycles. The van der Waals surface area contributed by atoms with Crippen LogP contribution in [0.5, 0.6) is 0 Å². The molecular weight excluding hydrogens is 399 g/mol. The molecule has 0 bridgehead atoms. The van der Waals surface area contributed by atoms with Crippen LogP contribution in [0.1, 0.15) is 55.2 Å².